The van der Waals surface area contributed by atoms with E-state index in [4.69, 9.17) is 9.72 Å². The van der Waals surface area contributed by atoms with Crippen molar-refractivity contribution in [3.63, 3.8) is 0 Å². The third-order valence-corrected chi connectivity index (χ3v) is 6.93. The van der Waals surface area contributed by atoms with Crippen molar-refractivity contribution in [2.24, 2.45) is 0 Å². The van der Waals surface area contributed by atoms with Crippen LogP contribution in [0.1, 0.15) is 26.3 Å². The Balaban J connectivity index is 1.13. The lowest BCUT2D eigenvalue weighted by atomic mass is 10.0. The number of hydrogen-bond acceptors (Lipinski definition) is 5. The number of anilines is 2. The van der Waals surface area contributed by atoms with Crippen LogP contribution in [-0.2, 0) is 11.2 Å². The molecule has 2 N–H and O–H groups in total. The third kappa shape index (κ3) is 5.58. The molecule has 4 aromatic carbocycles. The maximum absolute atomic E-state index is 13.0. The smallest absolute Gasteiger partial charge is 0.255 e. The van der Waals surface area contributed by atoms with E-state index in [0.717, 1.165) is 59.8 Å². The molecule has 7 heteroatoms. The molecule has 0 atom stereocenters. The van der Waals surface area contributed by atoms with E-state index in [0.29, 0.717) is 23.4 Å². The Kier molecular flexibility index (Phi) is 6.89. The predicted octanol–water partition coefficient (Wildman–Crippen LogP) is 5.74. The molecule has 2 heterocycles. The largest absolute Gasteiger partial charge is 0.378 e. The number of imidazole rings is 1. The molecule has 1 aliphatic heterocycles. The highest BCUT2D eigenvalue weighted by molar-refractivity contribution is 6.04. The summed E-state index contributed by atoms with van der Waals surface area (Å²) in [5.74, 6) is 0.622. The van der Waals surface area contributed by atoms with Crippen LogP contribution in [-0.4, -0.2) is 48.0 Å². The number of fused-ring (bicyclic) bond motifs is 1. The summed E-state index contributed by atoms with van der Waals surface area (Å²) >= 11 is 0. The number of aromatic amines is 1. The minimum atomic E-state index is -0.164. The van der Waals surface area contributed by atoms with E-state index >= 15 is 0 Å². The summed E-state index contributed by atoms with van der Waals surface area (Å²) in [7, 11) is 0. The van der Waals surface area contributed by atoms with Crippen LogP contribution >= 0.6 is 0 Å². The van der Waals surface area contributed by atoms with Crippen LogP contribution in [0.3, 0.4) is 0 Å². The lowest BCUT2D eigenvalue weighted by Gasteiger charge is -2.28. The zero-order chi connectivity index (χ0) is 26.6. The summed E-state index contributed by atoms with van der Waals surface area (Å²) in [5.41, 5.74) is 6.62. The summed E-state index contributed by atoms with van der Waals surface area (Å²) in [5, 5.41) is 2.89. The number of carbonyl (C=O) groups excluding carboxylic acids is 2. The summed E-state index contributed by atoms with van der Waals surface area (Å²) < 4.78 is 5.42. The van der Waals surface area contributed by atoms with Crippen molar-refractivity contribution in [2.75, 3.05) is 36.5 Å². The molecule has 0 aliphatic carbocycles. The third-order valence-electron chi connectivity index (χ3n) is 6.93. The van der Waals surface area contributed by atoms with Crippen molar-refractivity contribution in [1.29, 1.82) is 0 Å². The Morgan fingerprint density at radius 3 is 2.31 bits per heavy atom. The first-order valence-corrected chi connectivity index (χ1v) is 13.0. The van der Waals surface area contributed by atoms with Gasteiger partial charge in [-0.05, 0) is 66.2 Å². The Labute approximate surface area is 226 Å². The van der Waals surface area contributed by atoms with Gasteiger partial charge in [0.1, 0.15) is 5.82 Å². The molecular weight excluding hydrogens is 488 g/mol. The van der Waals surface area contributed by atoms with Gasteiger partial charge in [0.2, 0.25) is 0 Å². The first-order chi connectivity index (χ1) is 19.1. The number of nitrogens with zero attached hydrogens (tertiary/aromatic N) is 2. The van der Waals surface area contributed by atoms with E-state index in [1.165, 1.54) is 0 Å². The minimum Gasteiger partial charge on any atom is -0.378 e. The summed E-state index contributed by atoms with van der Waals surface area (Å²) in [6.07, 6.45) is 0.312. The maximum atomic E-state index is 13.0. The normalized spacial score (nSPS) is 13.4. The molecule has 7 nitrogen and oxygen atoms in total. The number of H-pyrrole nitrogens is 1. The summed E-state index contributed by atoms with van der Waals surface area (Å²) in [4.78, 5) is 35.9. The number of ketones is 1. The van der Waals surface area contributed by atoms with Gasteiger partial charge in [-0.1, -0.05) is 36.4 Å². The first kappa shape index (κ1) is 24.6. The summed E-state index contributed by atoms with van der Waals surface area (Å²) in [6, 6.07) is 30.4. The molecule has 1 saturated heterocycles. The quantitative estimate of drug-likeness (QED) is 0.269. The molecule has 1 aromatic heterocycles. The molecule has 1 amide bonds. The Bertz CT molecular complexity index is 1600. The van der Waals surface area contributed by atoms with Crippen molar-refractivity contribution < 1.29 is 14.3 Å². The van der Waals surface area contributed by atoms with Gasteiger partial charge in [0.15, 0.2) is 5.78 Å². The topological polar surface area (TPSA) is 87.3 Å². The highest BCUT2D eigenvalue weighted by atomic mass is 16.5. The molecule has 0 spiro atoms. The highest BCUT2D eigenvalue weighted by Gasteiger charge is 2.14. The fourth-order valence-electron chi connectivity index (χ4n) is 4.77. The number of morpholine rings is 1. The van der Waals surface area contributed by atoms with E-state index in [-0.39, 0.29) is 11.7 Å². The van der Waals surface area contributed by atoms with Crippen LogP contribution < -0.4 is 10.2 Å². The van der Waals surface area contributed by atoms with Gasteiger partial charge >= 0.3 is 0 Å². The van der Waals surface area contributed by atoms with Crippen molar-refractivity contribution in [2.45, 2.75) is 6.42 Å². The molecule has 0 bridgehead atoms. The van der Waals surface area contributed by atoms with Crippen molar-refractivity contribution in [3.8, 4) is 11.4 Å². The Morgan fingerprint density at radius 1 is 0.846 bits per heavy atom. The van der Waals surface area contributed by atoms with Gasteiger partial charge in [-0.3, -0.25) is 9.59 Å². The van der Waals surface area contributed by atoms with Gasteiger partial charge in [0.25, 0.3) is 5.91 Å². The molecule has 0 unspecified atom stereocenters. The van der Waals surface area contributed by atoms with Crippen molar-refractivity contribution >= 4 is 34.1 Å². The number of ether oxygens (including phenoxy) is 1. The van der Waals surface area contributed by atoms with Gasteiger partial charge in [0, 0.05) is 47.6 Å². The molecule has 6 rings (SSSR count). The standard InChI is InChI=1S/C32H28N4O3/c37-30(23-11-13-27(14-12-23)36-16-18-39-19-17-36)21-22-6-15-28-29(20-22)35-31(34-28)24-7-9-25(10-8-24)32(38)33-26-4-2-1-3-5-26/h1-15,20H,16-19,21H2,(H,33,38)(H,34,35). The second kappa shape index (κ2) is 10.9. The number of para-hydroxylation sites is 1. The van der Waals surface area contributed by atoms with Crippen molar-refractivity contribution in [3.05, 3.63) is 114 Å². The fraction of sp³-hybridized carbons (Fsp3) is 0.156. The average Bonchev–Trinajstić information content (AvgIpc) is 3.42. The molecule has 0 saturated carbocycles. The zero-order valence-corrected chi connectivity index (χ0v) is 21.4. The second-order valence-electron chi connectivity index (χ2n) is 9.58. The van der Waals surface area contributed by atoms with Gasteiger partial charge in [-0.2, -0.15) is 0 Å². The molecular formula is C32H28N4O3. The monoisotopic (exact) mass is 516 g/mol. The predicted molar refractivity (Wildman–Crippen MR) is 153 cm³/mol. The van der Waals surface area contributed by atoms with E-state index in [1.807, 2.05) is 84.9 Å². The van der Waals surface area contributed by atoms with Crippen LogP contribution in [0, 0.1) is 0 Å². The molecule has 1 aliphatic rings. The van der Waals surface area contributed by atoms with E-state index in [1.54, 1.807) is 12.1 Å². The second-order valence-corrected chi connectivity index (χ2v) is 9.58. The number of Topliss-reactive ketones (excluding diaryl/α,β-unsaturated/α-hetero) is 1. The lowest BCUT2D eigenvalue weighted by molar-refractivity contribution is 0.0991. The van der Waals surface area contributed by atoms with Crippen molar-refractivity contribution in [1.82, 2.24) is 9.97 Å². The average molecular weight is 517 g/mol. The number of rotatable bonds is 7. The number of carbonyl (C=O) groups is 2. The molecule has 1 fully saturated rings. The van der Waals surface area contributed by atoms with Gasteiger partial charge in [-0.15, -0.1) is 0 Å². The van der Waals surface area contributed by atoms with E-state index in [2.05, 4.69) is 15.2 Å². The van der Waals surface area contributed by atoms with E-state index in [9.17, 15) is 9.59 Å². The highest BCUT2D eigenvalue weighted by Crippen LogP contribution is 2.23. The van der Waals surface area contributed by atoms with Crippen LogP contribution in [0.2, 0.25) is 0 Å². The number of amides is 1. The van der Waals surface area contributed by atoms with Crippen LogP contribution in [0.25, 0.3) is 22.4 Å². The van der Waals surface area contributed by atoms with Crippen LogP contribution in [0.15, 0.2) is 97.1 Å². The number of aromatic nitrogens is 2. The maximum Gasteiger partial charge on any atom is 0.255 e. The number of hydrogen-bond donors (Lipinski definition) is 2. The van der Waals surface area contributed by atoms with Crippen LogP contribution in [0.4, 0.5) is 11.4 Å². The Morgan fingerprint density at radius 2 is 1.56 bits per heavy atom. The van der Waals surface area contributed by atoms with E-state index < -0.39 is 0 Å². The summed E-state index contributed by atoms with van der Waals surface area (Å²) in [6.45, 7) is 3.20. The molecule has 39 heavy (non-hydrogen) atoms. The van der Waals surface area contributed by atoms with Crippen LogP contribution in [0.5, 0.6) is 0 Å². The molecule has 0 radical (unpaired) electrons. The SMILES string of the molecule is O=C(Cc1ccc2nc(-c3ccc(C(=O)Nc4ccccc4)cc3)[nH]c2c1)c1ccc(N2CCOCC2)cc1. The lowest BCUT2D eigenvalue weighted by Crippen LogP contribution is -2.36. The number of nitrogens with one attached hydrogen (secondary N) is 2. The van der Waals surface area contributed by atoms with Gasteiger partial charge in [0.05, 0.1) is 24.2 Å². The fourth-order valence-corrected chi connectivity index (χ4v) is 4.77. The van der Waals surface area contributed by atoms with Gasteiger partial charge < -0.3 is 19.9 Å². The molecule has 5 aromatic rings. The van der Waals surface area contributed by atoms with Gasteiger partial charge in [-0.25, -0.2) is 4.98 Å². The Hall–Kier alpha value is -4.75. The number of benzene rings is 4. The minimum absolute atomic E-state index is 0.0759. The molecule has 194 valence electrons. The zero-order valence-electron chi connectivity index (χ0n) is 21.4. The first-order valence-electron chi connectivity index (χ1n) is 13.0.